The van der Waals surface area contributed by atoms with Crippen LogP contribution in [0.3, 0.4) is 0 Å². The number of benzene rings is 2. The molecule has 0 saturated heterocycles. The summed E-state index contributed by atoms with van der Waals surface area (Å²) < 4.78 is 17.8. The Bertz CT molecular complexity index is 1130. The fraction of sp³-hybridized carbons (Fsp3) is 0.360. The van der Waals surface area contributed by atoms with Crippen molar-refractivity contribution in [2.24, 2.45) is 0 Å². The second-order valence-corrected chi connectivity index (χ2v) is 9.27. The van der Waals surface area contributed by atoms with Crippen LogP contribution >= 0.6 is 0 Å². The van der Waals surface area contributed by atoms with Crippen molar-refractivity contribution in [3.05, 3.63) is 65.2 Å². The van der Waals surface area contributed by atoms with Crippen LogP contribution in [0.1, 0.15) is 37.0 Å². The highest BCUT2D eigenvalue weighted by Crippen LogP contribution is 2.29. The third-order valence-corrected chi connectivity index (χ3v) is 7.15. The number of aryl methyl sites for hydroxylation is 2. The Morgan fingerprint density at radius 1 is 1.16 bits per heavy atom. The van der Waals surface area contributed by atoms with Crippen LogP contribution in [-0.2, 0) is 39.7 Å². The molecular formula is C25H28N2O3S. The summed E-state index contributed by atoms with van der Waals surface area (Å²) in [6.45, 7) is 5.70. The van der Waals surface area contributed by atoms with Crippen molar-refractivity contribution < 1.29 is 13.7 Å². The van der Waals surface area contributed by atoms with Gasteiger partial charge in [-0.25, -0.2) is 4.98 Å². The number of ether oxygens (including phenoxy) is 1. The maximum Gasteiger partial charge on any atom is 0.306 e. The number of nitrogens with zero attached hydrogens (tertiary/aromatic N) is 2. The Balaban J connectivity index is 1.72. The van der Waals surface area contributed by atoms with Crippen molar-refractivity contribution in [3.63, 3.8) is 0 Å². The predicted octanol–water partition coefficient (Wildman–Crippen LogP) is 4.42. The van der Waals surface area contributed by atoms with Crippen LogP contribution in [0.4, 0.5) is 5.82 Å². The summed E-state index contributed by atoms with van der Waals surface area (Å²) in [5.74, 6) is 1.26. The van der Waals surface area contributed by atoms with E-state index in [2.05, 4.69) is 36.1 Å². The highest BCUT2D eigenvalue weighted by atomic mass is 32.2. The van der Waals surface area contributed by atoms with E-state index in [1.807, 2.05) is 31.2 Å². The Morgan fingerprint density at radius 2 is 2.00 bits per heavy atom. The molecule has 31 heavy (non-hydrogen) atoms. The molecule has 2 aromatic carbocycles. The molecule has 1 aliphatic heterocycles. The SMILES string of the molecule is CCOC(=O)CCc1cc(N2CCS(=O)c3ccccc3C2)nc2ccc(CC)cc12. The third-order valence-electron chi connectivity index (χ3n) is 5.71. The van der Waals surface area contributed by atoms with Gasteiger partial charge in [-0.2, -0.15) is 0 Å². The number of hydrogen-bond acceptors (Lipinski definition) is 5. The minimum Gasteiger partial charge on any atom is -0.466 e. The van der Waals surface area contributed by atoms with Crippen LogP contribution in [0.5, 0.6) is 0 Å². The molecule has 0 N–H and O–H groups in total. The monoisotopic (exact) mass is 436 g/mol. The van der Waals surface area contributed by atoms with E-state index in [4.69, 9.17) is 9.72 Å². The van der Waals surface area contributed by atoms with Gasteiger partial charge in [0, 0.05) is 35.5 Å². The Kier molecular flexibility index (Phi) is 6.66. The first-order chi connectivity index (χ1) is 15.1. The lowest BCUT2D eigenvalue weighted by molar-refractivity contribution is -0.143. The zero-order valence-electron chi connectivity index (χ0n) is 18.1. The minimum atomic E-state index is -1.01. The average Bonchev–Trinajstić information content (AvgIpc) is 2.96. The summed E-state index contributed by atoms with van der Waals surface area (Å²) in [7, 11) is -1.01. The van der Waals surface area contributed by atoms with Crippen molar-refractivity contribution in [3.8, 4) is 0 Å². The van der Waals surface area contributed by atoms with Crippen LogP contribution in [0, 0.1) is 0 Å². The lowest BCUT2D eigenvalue weighted by atomic mass is 10.0. The summed E-state index contributed by atoms with van der Waals surface area (Å²) in [5.41, 5.74) is 4.35. The molecule has 6 heteroatoms. The zero-order valence-corrected chi connectivity index (χ0v) is 18.9. The van der Waals surface area contributed by atoms with E-state index >= 15 is 0 Å². The summed E-state index contributed by atoms with van der Waals surface area (Å²) >= 11 is 0. The first-order valence-electron chi connectivity index (χ1n) is 10.9. The molecule has 1 aromatic heterocycles. The molecule has 162 valence electrons. The molecule has 4 rings (SSSR count). The number of carbonyl (C=O) groups excluding carboxylic acids is 1. The molecule has 0 fully saturated rings. The van der Waals surface area contributed by atoms with Gasteiger partial charge >= 0.3 is 5.97 Å². The number of esters is 1. The maximum absolute atomic E-state index is 12.7. The Morgan fingerprint density at radius 3 is 2.81 bits per heavy atom. The normalized spacial score (nSPS) is 16.1. The van der Waals surface area contributed by atoms with Gasteiger partial charge in [-0.15, -0.1) is 0 Å². The van der Waals surface area contributed by atoms with Gasteiger partial charge in [0.1, 0.15) is 5.82 Å². The molecule has 0 spiro atoms. The predicted molar refractivity (Wildman–Crippen MR) is 125 cm³/mol. The molecule has 1 atom stereocenters. The van der Waals surface area contributed by atoms with Gasteiger partial charge in [-0.05, 0) is 60.7 Å². The molecule has 1 aliphatic rings. The molecule has 3 aromatic rings. The van der Waals surface area contributed by atoms with E-state index in [9.17, 15) is 9.00 Å². The van der Waals surface area contributed by atoms with Gasteiger partial charge in [0.05, 0.1) is 22.9 Å². The first-order valence-corrected chi connectivity index (χ1v) is 12.2. The standard InChI is InChI=1S/C25H28N2O3S/c1-3-18-9-11-22-21(15-18)19(10-12-25(28)30-4-2)16-24(26-22)27-13-14-31(29)23-8-6-5-7-20(23)17-27/h5-9,11,15-16H,3-4,10,12-14,17H2,1-2H3. The second-order valence-electron chi connectivity index (χ2n) is 7.73. The van der Waals surface area contributed by atoms with Crippen molar-refractivity contribution in [2.75, 3.05) is 23.8 Å². The highest BCUT2D eigenvalue weighted by molar-refractivity contribution is 7.85. The van der Waals surface area contributed by atoms with Gasteiger partial charge in [-0.1, -0.05) is 31.2 Å². The molecule has 0 bridgehead atoms. The lowest BCUT2D eigenvalue weighted by Crippen LogP contribution is -2.26. The Hall–Kier alpha value is -2.73. The summed E-state index contributed by atoms with van der Waals surface area (Å²) in [4.78, 5) is 20.1. The second kappa shape index (κ2) is 9.60. The van der Waals surface area contributed by atoms with Gasteiger partial charge in [-0.3, -0.25) is 9.00 Å². The molecule has 0 aliphatic carbocycles. The van der Waals surface area contributed by atoms with Gasteiger partial charge in [0.15, 0.2) is 0 Å². The number of carbonyl (C=O) groups is 1. The van der Waals surface area contributed by atoms with Crippen LogP contribution in [0.25, 0.3) is 10.9 Å². The summed E-state index contributed by atoms with van der Waals surface area (Å²) in [5, 5.41) is 1.09. The van der Waals surface area contributed by atoms with Gasteiger partial charge in [0.2, 0.25) is 0 Å². The molecule has 0 radical (unpaired) electrons. The van der Waals surface area contributed by atoms with Crippen LogP contribution in [-0.4, -0.2) is 34.1 Å². The molecule has 5 nitrogen and oxygen atoms in total. The van der Waals surface area contributed by atoms with Crippen molar-refractivity contribution in [2.45, 2.75) is 44.6 Å². The van der Waals surface area contributed by atoms with E-state index in [1.54, 1.807) is 0 Å². The van der Waals surface area contributed by atoms with E-state index < -0.39 is 10.8 Å². The van der Waals surface area contributed by atoms with Crippen molar-refractivity contribution >= 4 is 33.5 Å². The topological polar surface area (TPSA) is 59.5 Å². The number of aromatic nitrogens is 1. The quantitative estimate of drug-likeness (QED) is 0.536. The van der Waals surface area contributed by atoms with Gasteiger partial charge < -0.3 is 9.64 Å². The smallest absolute Gasteiger partial charge is 0.306 e. The van der Waals surface area contributed by atoms with Crippen molar-refractivity contribution in [1.82, 2.24) is 4.98 Å². The molecular weight excluding hydrogens is 408 g/mol. The van der Waals surface area contributed by atoms with Crippen molar-refractivity contribution in [1.29, 1.82) is 0 Å². The third kappa shape index (κ3) is 4.79. The maximum atomic E-state index is 12.7. The fourth-order valence-corrected chi connectivity index (χ4v) is 5.29. The number of rotatable bonds is 6. The van der Waals surface area contributed by atoms with Crippen LogP contribution in [0.2, 0.25) is 0 Å². The lowest BCUT2D eigenvalue weighted by Gasteiger charge is -2.23. The summed E-state index contributed by atoms with van der Waals surface area (Å²) in [6.07, 6.45) is 1.90. The molecule has 1 unspecified atom stereocenters. The number of pyridine rings is 1. The number of fused-ring (bicyclic) bond motifs is 2. The first kappa shape index (κ1) is 21.5. The van der Waals surface area contributed by atoms with Crippen LogP contribution < -0.4 is 4.90 Å². The largest absolute Gasteiger partial charge is 0.466 e. The minimum absolute atomic E-state index is 0.181. The fourth-order valence-electron chi connectivity index (χ4n) is 4.03. The number of anilines is 1. The van der Waals surface area contributed by atoms with Gasteiger partial charge in [0.25, 0.3) is 0 Å². The Labute approximate surface area is 185 Å². The summed E-state index contributed by atoms with van der Waals surface area (Å²) in [6, 6.07) is 16.4. The molecule has 0 amide bonds. The van der Waals surface area contributed by atoms with E-state index in [0.29, 0.717) is 38.3 Å². The van der Waals surface area contributed by atoms with E-state index in [-0.39, 0.29) is 5.97 Å². The molecule has 0 saturated carbocycles. The van der Waals surface area contributed by atoms with Crippen LogP contribution in [0.15, 0.2) is 53.4 Å². The van der Waals surface area contributed by atoms with E-state index in [1.165, 1.54) is 5.56 Å². The molecule has 2 heterocycles. The van der Waals surface area contributed by atoms with E-state index in [0.717, 1.165) is 39.2 Å². The number of hydrogen-bond donors (Lipinski definition) is 0. The highest BCUT2D eigenvalue weighted by Gasteiger charge is 2.21. The zero-order chi connectivity index (χ0) is 21.8. The average molecular weight is 437 g/mol.